The van der Waals surface area contributed by atoms with Crippen molar-refractivity contribution < 1.29 is 14.6 Å². The average Bonchev–Trinajstić information content (AvgIpc) is 3.28. The van der Waals surface area contributed by atoms with Gasteiger partial charge in [0.15, 0.2) is 0 Å². The lowest BCUT2D eigenvalue weighted by Gasteiger charge is -2.12. The zero-order valence-electron chi connectivity index (χ0n) is 18.3. The Labute approximate surface area is 181 Å². The van der Waals surface area contributed by atoms with Gasteiger partial charge in [0.2, 0.25) is 0 Å². The number of hydrogen-bond donors (Lipinski definition) is 2. The van der Waals surface area contributed by atoms with E-state index in [9.17, 15) is 9.90 Å². The van der Waals surface area contributed by atoms with Gasteiger partial charge >= 0.3 is 5.97 Å². The van der Waals surface area contributed by atoms with E-state index in [0.717, 1.165) is 71.8 Å². The quantitative estimate of drug-likeness (QED) is 0.449. The summed E-state index contributed by atoms with van der Waals surface area (Å²) < 4.78 is 7.41. The van der Waals surface area contributed by atoms with E-state index < -0.39 is 5.97 Å². The molecule has 0 aromatic carbocycles. The predicted molar refractivity (Wildman–Crippen MR) is 118 cm³/mol. The number of nitrogens with zero attached hydrogens (tertiary/aromatic N) is 4. The fourth-order valence-corrected chi connectivity index (χ4v) is 4.62. The number of aromatic nitrogens is 5. The number of methoxy groups -OCH3 is 1. The fourth-order valence-electron chi connectivity index (χ4n) is 4.62. The van der Waals surface area contributed by atoms with Crippen molar-refractivity contribution in [2.24, 2.45) is 5.92 Å². The van der Waals surface area contributed by atoms with Crippen LogP contribution in [-0.4, -0.2) is 42.8 Å². The molecule has 1 unspecified atom stereocenters. The van der Waals surface area contributed by atoms with E-state index in [0.29, 0.717) is 6.42 Å². The number of aryl methyl sites for hydroxylation is 1. The first-order valence-electron chi connectivity index (χ1n) is 10.9. The summed E-state index contributed by atoms with van der Waals surface area (Å²) in [4.78, 5) is 24.2. The number of carboxylic acids is 1. The lowest BCUT2D eigenvalue weighted by molar-refractivity contribution is -0.142. The Hall–Kier alpha value is -3.16. The Morgan fingerprint density at radius 1 is 1.35 bits per heavy atom. The predicted octanol–water partition coefficient (Wildman–Crippen LogP) is 4.44. The van der Waals surface area contributed by atoms with E-state index in [1.807, 2.05) is 17.5 Å². The molecule has 3 aromatic rings. The maximum absolute atomic E-state index is 11.5. The van der Waals surface area contributed by atoms with E-state index in [1.54, 1.807) is 13.3 Å². The second-order valence-electron chi connectivity index (χ2n) is 8.06. The summed E-state index contributed by atoms with van der Waals surface area (Å²) in [5, 5.41) is 13.9. The molecule has 3 aromatic heterocycles. The van der Waals surface area contributed by atoms with Crippen LogP contribution < -0.4 is 0 Å². The first-order valence-corrected chi connectivity index (χ1v) is 10.9. The van der Waals surface area contributed by atoms with Gasteiger partial charge in [-0.2, -0.15) is 5.10 Å². The van der Waals surface area contributed by atoms with E-state index in [2.05, 4.69) is 28.1 Å². The number of H-pyrrole nitrogens is 1. The first-order chi connectivity index (χ1) is 15.1. The number of ether oxygens (including phenoxy) is 1. The Morgan fingerprint density at radius 2 is 2.19 bits per heavy atom. The number of aromatic amines is 1. The number of carbonyl (C=O) groups is 1. The number of fused-ring (bicyclic) bond motifs is 1. The second-order valence-corrected chi connectivity index (χ2v) is 8.06. The van der Waals surface area contributed by atoms with Crippen LogP contribution in [0.3, 0.4) is 0 Å². The summed E-state index contributed by atoms with van der Waals surface area (Å²) in [7, 11) is 1.67. The van der Waals surface area contributed by atoms with Crippen molar-refractivity contribution in [3.05, 3.63) is 41.7 Å². The molecule has 1 aliphatic carbocycles. The number of aliphatic carboxylic acids is 1. The molecule has 31 heavy (non-hydrogen) atoms. The van der Waals surface area contributed by atoms with Crippen molar-refractivity contribution in [1.29, 1.82) is 0 Å². The maximum atomic E-state index is 11.5. The van der Waals surface area contributed by atoms with Crippen LogP contribution in [0.2, 0.25) is 0 Å². The van der Waals surface area contributed by atoms with Gasteiger partial charge in [-0.25, -0.2) is 14.5 Å². The summed E-state index contributed by atoms with van der Waals surface area (Å²) in [6.45, 7) is 4.07. The summed E-state index contributed by atoms with van der Waals surface area (Å²) in [6.07, 6.45) is 10.1. The summed E-state index contributed by atoms with van der Waals surface area (Å²) in [5.74, 6) is 0.889. The van der Waals surface area contributed by atoms with Crippen LogP contribution in [0.4, 0.5) is 0 Å². The number of imidazole rings is 1. The minimum absolute atomic E-state index is 0.172. The number of hydrogen-bond acceptors (Lipinski definition) is 5. The smallest absolute Gasteiger partial charge is 0.306 e. The molecule has 8 nitrogen and oxygen atoms in total. The lowest BCUT2D eigenvalue weighted by Crippen LogP contribution is -2.12. The third-order valence-corrected chi connectivity index (χ3v) is 6.29. The monoisotopic (exact) mass is 423 g/mol. The second kappa shape index (κ2) is 8.91. The summed E-state index contributed by atoms with van der Waals surface area (Å²) in [6, 6.07) is 2.12. The van der Waals surface area contributed by atoms with Gasteiger partial charge in [0, 0.05) is 5.92 Å². The van der Waals surface area contributed by atoms with Crippen molar-refractivity contribution in [1.82, 2.24) is 24.6 Å². The normalized spacial score (nSPS) is 20.0. The van der Waals surface area contributed by atoms with Gasteiger partial charge in [-0.1, -0.05) is 13.3 Å². The topological polar surface area (TPSA) is 105 Å². The zero-order chi connectivity index (χ0) is 22.0. The molecule has 0 radical (unpaired) electrons. The van der Waals surface area contributed by atoms with Crippen molar-refractivity contribution in [3.8, 4) is 11.4 Å². The first kappa shape index (κ1) is 21.1. The molecular formula is C23H29N5O3. The molecule has 4 rings (SSSR count). The average molecular weight is 424 g/mol. The van der Waals surface area contributed by atoms with E-state index >= 15 is 0 Å². The van der Waals surface area contributed by atoms with Crippen LogP contribution in [0, 0.1) is 5.92 Å². The van der Waals surface area contributed by atoms with Crippen LogP contribution in [0.15, 0.2) is 24.7 Å². The van der Waals surface area contributed by atoms with Crippen molar-refractivity contribution in [2.45, 2.75) is 58.3 Å². The summed E-state index contributed by atoms with van der Waals surface area (Å²) >= 11 is 0. The largest absolute Gasteiger partial charge is 0.495 e. The Bertz CT molecular complexity index is 1110. The highest BCUT2D eigenvalue weighted by Gasteiger charge is 2.28. The molecular weight excluding hydrogens is 394 g/mol. The van der Waals surface area contributed by atoms with Crippen LogP contribution in [0.25, 0.3) is 22.7 Å². The standard InChI is InChI=1S/C23H29N5O3/c1-4-14-11-17(26-20(14)19(5-2)31-3)21-18-12-24-13-25-28(18)22(27-21)15-7-6-8-16(10-9-15)23(29)30/h5,11-13,15-16,26H,4,6-10H2,1-3H3,(H,29,30)/b19-5+/t15-,16?/m1/s1. The SMILES string of the molecule is C/C=C(/OC)c1[nH]c(-c2nc([C@@H]3CCCC(C(=O)O)CC3)n3ncncc23)cc1CC. The number of rotatable bonds is 6. The molecule has 1 aliphatic rings. The molecule has 3 heterocycles. The van der Waals surface area contributed by atoms with Gasteiger partial charge in [0.25, 0.3) is 0 Å². The zero-order valence-corrected chi connectivity index (χ0v) is 18.3. The van der Waals surface area contributed by atoms with Crippen LogP contribution in [0.5, 0.6) is 0 Å². The molecule has 0 saturated heterocycles. The molecule has 8 heteroatoms. The molecule has 0 amide bonds. The van der Waals surface area contributed by atoms with Gasteiger partial charge in [0.1, 0.15) is 29.1 Å². The van der Waals surface area contributed by atoms with Gasteiger partial charge in [-0.05, 0) is 56.7 Å². The molecule has 2 atom stereocenters. The molecule has 0 spiro atoms. The van der Waals surface area contributed by atoms with Gasteiger partial charge in [-0.15, -0.1) is 0 Å². The Morgan fingerprint density at radius 3 is 2.90 bits per heavy atom. The van der Waals surface area contributed by atoms with Crippen molar-refractivity contribution >= 4 is 17.2 Å². The third kappa shape index (κ3) is 3.94. The number of nitrogens with one attached hydrogen (secondary N) is 1. The molecule has 1 saturated carbocycles. The van der Waals surface area contributed by atoms with Crippen LogP contribution in [-0.2, 0) is 16.0 Å². The van der Waals surface area contributed by atoms with Crippen LogP contribution >= 0.6 is 0 Å². The molecule has 1 fully saturated rings. The Kier molecular flexibility index (Phi) is 6.06. The maximum Gasteiger partial charge on any atom is 0.306 e. The summed E-state index contributed by atoms with van der Waals surface area (Å²) in [5.41, 5.74) is 4.66. The highest BCUT2D eigenvalue weighted by molar-refractivity contribution is 5.77. The molecule has 0 aliphatic heterocycles. The van der Waals surface area contributed by atoms with Gasteiger partial charge in [0.05, 0.1) is 30.6 Å². The van der Waals surface area contributed by atoms with Gasteiger partial charge < -0.3 is 14.8 Å². The molecule has 0 bridgehead atoms. The third-order valence-electron chi connectivity index (χ3n) is 6.29. The van der Waals surface area contributed by atoms with E-state index in [1.165, 1.54) is 6.33 Å². The van der Waals surface area contributed by atoms with E-state index in [4.69, 9.17) is 9.72 Å². The molecule has 164 valence electrons. The number of allylic oxidation sites excluding steroid dienone is 1. The highest BCUT2D eigenvalue weighted by Crippen LogP contribution is 2.36. The Balaban J connectivity index is 1.77. The van der Waals surface area contributed by atoms with Gasteiger partial charge in [-0.3, -0.25) is 4.79 Å². The fraction of sp³-hybridized carbons (Fsp3) is 0.478. The van der Waals surface area contributed by atoms with Crippen LogP contribution in [0.1, 0.15) is 69.0 Å². The molecule has 2 N–H and O–H groups in total. The minimum Gasteiger partial charge on any atom is -0.495 e. The van der Waals surface area contributed by atoms with Crippen molar-refractivity contribution in [2.75, 3.05) is 7.11 Å². The van der Waals surface area contributed by atoms with Crippen molar-refractivity contribution in [3.63, 3.8) is 0 Å². The highest BCUT2D eigenvalue weighted by atomic mass is 16.5. The van der Waals surface area contributed by atoms with E-state index in [-0.39, 0.29) is 11.8 Å². The minimum atomic E-state index is -0.694. The lowest BCUT2D eigenvalue weighted by atomic mass is 9.98. The number of carboxylic acid groups (broad SMARTS) is 1.